The third-order valence-electron chi connectivity index (χ3n) is 3.94. The van der Waals surface area contributed by atoms with Crippen molar-refractivity contribution in [2.75, 3.05) is 13.2 Å². The van der Waals surface area contributed by atoms with Crippen LogP contribution in [0.1, 0.15) is 55.4 Å². The zero-order chi connectivity index (χ0) is 22.6. The molecule has 2 amide bonds. The first-order chi connectivity index (χ1) is 13.1. The standard InChI is InChI=1S/C20H36N2O7/c1-18(2,3)28-16(25)21-13(11-23)9-10-15(24)14-12-27-20(7,8)22(14)17(26)29-19(4,5)6/h9-10,13-15,23-24H,11-12H2,1-8H3,(H,21,25)/b10-9+/t13-,14+,15+/m1/s1. The van der Waals surface area contributed by atoms with Gasteiger partial charge in [0.1, 0.15) is 16.9 Å². The van der Waals surface area contributed by atoms with Crippen LogP contribution in [0, 0.1) is 0 Å². The van der Waals surface area contributed by atoms with Crippen LogP contribution in [0.5, 0.6) is 0 Å². The molecule has 0 spiro atoms. The Morgan fingerprint density at radius 1 is 1.17 bits per heavy atom. The summed E-state index contributed by atoms with van der Waals surface area (Å²) >= 11 is 0. The Kier molecular flexibility index (Phi) is 8.09. The van der Waals surface area contributed by atoms with Crippen molar-refractivity contribution in [2.24, 2.45) is 0 Å². The van der Waals surface area contributed by atoms with Gasteiger partial charge in [-0.05, 0) is 55.4 Å². The molecule has 9 nitrogen and oxygen atoms in total. The number of nitrogens with zero attached hydrogens (tertiary/aromatic N) is 1. The summed E-state index contributed by atoms with van der Waals surface area (Å²) in [6, 6.07) is -1.44. The lowest BCUT2D eigenvalue weighted by molar-refractivity contribution is -0.0661. The Bertz CT molecular complexity index is 605. The van der Waals surface area contributed by atoms with Gasteiger partial charge in [-0.15, -0.1) is 0 Å². The lowest BCUT2D eigenvalue weighted by Crippen LogP contribution is -2.53. The highest BCUT2D eigenvalue weighted by Gasteiger charge is 2.47. The Hall–Kier alpha value is -1.84. The molecule has 29 heavy (non-hydrogen) atoms. The van der Waals surface area contributed by atoms with Crippen LogP contribution >= 0.6 is 0 Å². The minimum Gasteiger partial charge on any atom is -0.444 e. The first-order valence-electron chi connectivity index (χ1n) is 9.69. The normalized spacial score (nSPS) is 21.7. The number of rotatable bonds is 5. The van der Waals surface area contributed by atoms with Gasteiger partial charge in [0.25, 0.3) is 0 Å². The summed E-state index contributed by atoms with van der Waals surface area (Å²) in [5.41, 5.74) is -2.32. The quantitative estimate of drug-likeness (QED) is 0.588. The number of carbonyl (C=O) groups excluding carboxylic acids is 2. The minimum atomic E-state index is -1.10. The number of hydrogen-bond donors (Lipinski definition) is 3. The zero-order valence-electron chi connectivity index (χ0n) is 18.7. The highest BCUT2D eigenvalue weighted by atomic mass is 16.6. The average molecular weight is 417 g/mol. The van der Waals surface area contributed by atoms with Crippen LogP contribution < -0.4 is 5.32 Å². The fourth-order valence-corrected chi connectivity index (χ4v) is 2.74. The van der Waals surface area contributed by atoms with Crippen molar-refractivity contribution < 1.29 is 34.0 Å². The van der Waals surface area contributed by atoms with Crippen LogP contribution in [-0.4, -0.2) is 75.6 Å². The maximum absolute atomic E-state index is 12.6. The van der Waals surface area contributed by atoms with Crippen molar-refractivity contribution in [3.05, 3.63) is 12.2 Å². The largest absolute Gasteiger partial charge is 0.444 e. The van der Waals surface area contributed by atoms with E-state index in [0.717, 1.165) is 0 Å². The van der Waals surface area contributed by atoms with Gasteiger partial charge in [-0.3, -0.25) is 4.90 Å². The first kappa shape index (κ1) is 25.2. The van der Waals surface area contributed by atoms with E-state index >= 15 is 0 Å². The van der Waals surface area contributed by atoms with Gasteiger partial charge in [-0.25, -0.2) is 9.59 Å². The lowest BCUT2D eigenvalue weighted by Gasteiger charge is -2.36. The van der Waals surface area contributed by atoms with Crippen molar-refractivity contribution in [1.29, 1.82) is 0 Å². The van der Waals surface area contributed by atoms with Crippen LogP contribution in [0.25, 0.3) is 0 Å². The first-order valence-corrected chi connectivity index (χ1v) is 9.69. The zero-order valence-corrected chi connectivity index (χ0v) is 18.7. The third kappa shape index (κ3) is 8.20. The molecule has 0 aromatic heterocycles. The maximum atomic E-state index is 12.6. The lowest BCUT2D eigenvalue weighted by atomic mass is 10.1. The summed E-state index contributed by atoms with van der Waals surface area (Å²) in [5, 5.41) is 22.6. The van der Waals surface area contributed by atoms with E-state index in [2.05, 4.69) is 5.32 Å². The van der Waals surface area contributed by atoms with E-state index in [1.165, 1.54) is 17.1 Å². The molecule has 1 aliphatic rings. The van der Waals surface area contributed by atoms with Crippen LogP contribution in [0.15, 0.2) is 12.2 Å². The molecule has 1 fully saturated rings. The Morgan fingerprint density at radius 2 is 1.72 bits per heavy atom. The Balaban J connectivity index is 2.85. The van der Waals surface area contributed by atoms with Crippen LogP contribution in [0.3, 0.4) is 0 Å². The summed E-state index contributed by atoms with van der Waals surface area (Å²) in [5.74, 6) is 0. The van der Waals surface area contributed by atoms with E-state index < -0.39 is 47.3 Å². The second-order valence-electron chi connectivity index (χ2n) is 9.49. The van der Waals surface area contributed by atoms with E-state index in [9.17, 15) is 19.8 Å². The average Bonchev–Trinajstić information content (AvgIpc) is 2.83. The van der Waals surface area contributed by atoms with Gasteiger partial charge in [-0.1, -0.05) is 12.2 Å². The number of carbonyl (C=O) groups is 2. The molecule has 0 radical (unpaired) electrons. The second-order valence-corrected chi connectivity index (χ2v) is 9.49. The van der Waals surface area contributed by atoms with E-state index in [-0.39, 0.29) is 13.2 Å². The van der Waals surface area contributed by atoms with Gasteiger partial charge in [0.2, 0.25) is 0 Å². The van der Waals surface area contributed by atoms with Crippen LogP contribution in [-0.2, 0) is 14.2 Å². The fraction of sp³-hybridized carbons (Fsp3) is 0.800. The van der Waals surface area contributed by atoms with E-state index in [1.807, 2.05) is 0 Å². The number of aliphatic hydroxyl groups is 2. The molecule has 1 aliphatic heterocycles. The molecule has 168 valence electrons. The molecule has 9 heteroatoms. The predicted molar refractivity (Wildman–Crippen MR) is 107 cm³/mol. The van der Waals surface area contributed by atoms with E-state index in [4.69, 9.17) is 14.2 Å². The predicted octanol–water partition coefficient (Wildman–Crippen LogP) is 2.16. The van der Waals surface area contributed by atoms with Crippen molar-refractivity contribution in [3.8, 4) is 0 Å². The van der Waals surface area contributed by atoms with Crippen molar-refractivity contribution in [1.82, 2.24) is 10.2 Å². The van der Waals surface area contributed by atoms with Gasteiger partial charge in [0.05, 0.1) is 31.4 Å². The highest BCUT2D eigenvalue weighted by molar-refractivity contribution is 5.70. The SMILES string of the molecule is CC(C)(C)OC(=O)N[C@H](/C=C/[C@H](O)[C@@H]1COC(C)(C)N1C(=O)OC(C)(C)C)CO. The molecular formula is C20H36N2O7. The number of amides is 2. The van der Waals surface area contributed by atoms with Gasteiger partial charge in [0.15, 0.2) is 0 Å². The topological polar surface area (TPSA) is 118 Å². The van der Waals surface area contributed by atoms with Gasteiger partial charge >= 0.3 is 12.2 Å². The molecule has 0 aliphatic carbocycles. The number of nitrogens with one attached hydrogen (secondary N) is 1. The number of hydrogen-bond acceptors (Lipinski definition) is 7. The number of aliphatic hydroxyl groups excluding tert-OH is 2. The summed E-state index contributed by atoms with van der Waals surface area (Å²) in [7, 11) is 0. The van der Waals surface area contributed by atoms with Gasteiger partial charge < -0.3 is 29.7 Å². The number of alkyl carbamates (subject to hydrolysis) is 1. The highest BCUT2D eigenvalue weighted by Crippen LogP contribution is 2.31. The summed E-state index contributed by atoms with van der Waals surface area (Å²) in [4.78, 5) is 25.9. The maximum Gasteiger partial charge on any atom is 0.413 e. The van der Waals surface area contributed by atoms with Gasteiger partial charge in [-0.2, -0.15) is 0 Å². The summed E-state index contributed by atoms with van der Waals surface area (Å²) < 4.78 is 16.3. The van der Waals surface area contributed by atoms with Crippen molar-refractivity contribution in [3.63, 3.8) is 0 Å². The molecule has 0 saturated carbocycles. The van der Waals surface area contributed by atoms with Crippen molar-refractivity contribution in [2.45, 2.75) is 90.5 Å². The molecule has 3 N–H and O–H groups in total. The van der Waals surface area contributed by atoms with E-state index in [1.54, 1.807) is 55.4 Å². The smallest absolute Gasteiger partial charge is 0.413 e. The van der Waals surface area contributed by atoms with Crippen molar-refractivity contribution >= 4 is 12.2 Å². The molecule has 0 aromatic carbocycles. The Labute approximate surface area is 173 Å². The molecule has 0 bridgehead atoms. The second kappa shape index (κ2) is 9.32. The summed E-state index contributed by atoms with van der Waals surface area (Å²) in [6.07, 6.45) is 0.483. The molecule has 1 heterocycles. The van der Waals surface area contributed by atoms with E-state index in [0.29, 0.717) is 0 Å². The molecule has 1 saturated heterocycles. The Morgan fingerprint density at radius 3 is 2.21 bits per heavy atom. The third-order valence-corrected chi connectivity index (χ3v) is 3.94. The molecule has 1 rings (SSSR count). The van der Waals surface area contributed by atoms with Crippen LogP contribution in [0.2, 0.25) is 0 Å². The minimum absolute atomic E-state index is 0.112. The molecular weight excluding hydrogens is 380 g/mol. The van der Waals surface area contributed by atoms with Gasteiger partial charge in [0, 0.05) is 0 Å². The van der Waals surface area contributed by atoms with Crippen LogP contribution in [0.4, 0.5) is 9.59 Å². The summed E-state index contributed by atoms with van der Waals surface area (Å²) in [6.45, 7) is 13.6. The fourth-order valence-electron chi connectivity index (χ4n) is 2.74. The monoisotopic (exact) mass is 416 g/mol. The molecule has 0 unspecified atom stereocenters. The molecule has 0 aromatic rings. The number of ether oxygens (including phenoxy) is 3. The molecule has 3 atom stereocenters.